The minimum atomic E-state index is -0.547. The summed E-state index contributed by atoms with van der Waals surface area (Å²) >= 11 is 0.797. The number of thiazole rings is 1. The summed E-state index contributed by atoms with van der Waals surface area (Å²) < 4.78 is 0. The van der Waals surface area contributed by atoms with Gasteiger partial charge in [-0.25, -0.2) is 4.98 Å². The largest absolute Gasteiger partial charge is 0.508 e. The summed E-state index contributed by atoms with van der Waals surface area (Å²) in [6.45, 7) is 3.89. The van der Waals surface area contributed by atoms with E-state index in [-0.39, 0.29) is 27.3 Å². The van der Waals surface area contributed by atoms with E-state index in [1.165, 1.54) is 6.07 Å². The van der Waals surface area contributed by atoms with E-state index in [9.17, 15) is 20.3 Å². The lowest BCUT2D eigenvalue weighted by Crippen LogP contribution is -1.92. The number of unbranched alkanes of at least 4 members (excludes halogenated alkanes) is 3. The number of azo groups is 1. The van der Waals surface area contributed by atoms with Gasteiger partial charge < -0.3 is 10.2 Å². The number of phenols is 2. The first-order chi connectivity index (χ1) is 11.9. The number of rotatable bonds is 8. The number of nitro groups is 1. The van der Waals surface area contributed by atoms with Crippen molar-refractivity contribution in [2.45, 2.75) is 46.0 Å². The molecule has 0 fully saturated rings. The molecule has 9 heteroatoms. The van der Waals surface area contributed by atoms with E-state index in [4.69, 9.17) is 0 Å². The Hall–Kier alpha value is -2.55. The van der Waals surface area contributed by atoms with E-state index in [1.54, 1.807) is 6.92 Å². The highest BCUT2D eigenvalue weighted by molar-refractivity contribution is 7.18. The Morgan fingerprint density at radius 3 is 2.64 bits per heavy atom. The monoisotopic (exact) mass is 364 g/mol. The molecule has 0 aliphatic rings. The predicted molar refractivity (Wildman–Crippen MR) is 95.3 cm³/mol. The quantitative estimate of drug-likeness (QED) is 0.284. The fourth-order valence-corrected chi connectivity index (χ4v) is 3.02. The molecular formula is C16H20N4O4S. The Labute approximate surface area is 149 Å². The minimum Gasteiger partial charge on any atom is -0.508 e. The van der Waals surface area contributed by atoms with Crippen LogP contribution in [-0.4, -0.2) is 20.1 Å². The van der Waals surface area contributed by atoms with Gasteiger partial charge in [0.25, 0.3) is 0 Å². The van der Waals surface area contributed by atoms with Crippen molar-refractivity contribution in [3.05, 3.63) is 33.5 Å². The molecule has 2 N–H and O–H groups in total. The number of aromatic hydroxyl groups is 2. The summed E-state index contributed by atoms with van der Waals surface area (Å²) in [5.74, 6) is -0.155. The molecule has 0 saturated carbocycles. The van der Waals surface area contributed by atoms with Gasteiger partial charge in [-0.05, 0) is 42.2 Å². The number of hydrogen-bond acceptors (Lipinski definition) is 8. The summed E-state index contributed by atoms with van der Waals surface area (Å²) in [6, 6.07) is 1.25. The first-order valence-electron chi connectivity index (χ1n) is 8.00. The molecule has 1 aromatic heterocycles. The summed E-state index contributed by atoms with van der Waals surface area (Å²) in [5.41, 5.74) is 1.61. The van der Waals surface area contributed by atoms with Gasteiger partial charge in [-0.3, -0.25) is 10.1 Å². The van der Waals surface area contributed by atoms with Crippen molar-refractivity contribution in [2.75, 3.05) is 0 Å². The summed E-state index contributed by atoms with van der Waals surface area (Å²) in [6.07, 6.45) is 6.05. The molecule has 2 rings (SSSR count). The van der Waals surface area contributed by atoms with Crippen molar-refractivity contribution in [3.8, 4) is 11.5 Å². The molecule has 1 heterocycles. The number of benzene rings is 1. The van der Waals surface area contributed by atoms with Crippen LogP contribution in [0.2, 0.25) is 0 Å². The Morgan fingerprint density at radius 1 is 1.24 bits per heavy atom. The maximum absolute atomic E-state index is 10.7. The number of hydrogen-bond donors (Lipinski definition) is 2. The van der Waals surface area contributed by atoms with Crippen LogP contribution in [0, 0.1) is 17.0 Å². The second-order valence-electron chi connectivity index (χ2n) is 5.62. The number of aromatic nitrogens is 1. The number of nitrogens with zero attached hydrogens (tertiary/aromatic N) is 4. The highest BCUT2D eigenvalue weighted by Gasteiger charge is 2.15. The van der Waals surface area contributed by atoms with Crippen molar-refractivity contribution < 1.29 is 15.1 Å². The molecule has 0 atom stereocenters. The normalized spacial score (nSPS) is 11.3. The third kappa shape index (κ3) is 4.72. The van der Waals surface area contributed by atoms with Gasteiger partial charge in [-0.1, -0.05) is 26.2 Å². The Kier molecular flexibility index (Phi) is 6.40. The zero-order valence-corrected chi connectivity index (χ0v) is 14.9. The van der Waals surface area contributed by atoms with E-state index in [0.29, 0.717) is 12.0 Å². The topological polar surface area (TPSA) is 121 Å². The first-order valence-corrected chi connectivity index (χ1v) is 8.82. The maximum atomic E-state index is 10.7. The van der Waals surface area contributed by atoms with Crippen LogP contribution in [0.5, 0.6) is 11.5 Å². The van der Waals surface area contributed by atoms with Gasteiger partial charge in [0.1, 0.15) is 23.4 Å². The average molecular weight is 364 g/mol. The van der Waals surface area contributed by atoms with Crippen LogP contribution in [0.1, 0.15) is 43.7 Å². The van der Waals surface area contributed by atoms with Gasteiger partial charge >= 0.3 is 5.00 Å². The molecule has 0 aliphatic heterocycles. The SMILES string of the molecule is CCCCCCc1c(O)cc(O)c(N=Nc2ncc([N+](=O)[O-])s2)c1C. The molecule has 0 radical (unpaired) electrons. The average Bonchev–Trinajstić information content (AvgIpc) is 3.03. The van der Waals surface area contributed by atoms with Gasteiger partial charge in [0.05, 0.1) is 4.92 Å². The zero-order chi connectivity index (χ0) is 18.4. The summed E-state index contributed by atoms with van der Waals surface area (Å²) in [7, 11) is 0. The Bertz CT molecular complexity index is 789. The van der Waals surface area contributed by atoms with Gasteiger partial charge in [-0.2, -0.15) is 0 Å². The first kappa shape index (κ1) is 18.8. The van der Waals surface area contributed by atoms with E-state index in [0.717, 1.165) is 48.8 Å². The second-order valence-corrected chi connectivity index (χ2v) is 6.60. The lowest BCUT2D eigenvalue weighted by molar-refractivity contribution is -0.380. The fraction of sp³-hybridized carbons (Fsp3) is 0.438. The molecule has 0 saturated heterocycles. The third-order valence-electron chi connectivity index (χ3n) is 3.81. The van der Waals surface area contributed by atoms with Gasteiger partial charge in [0, 0.05) is 6.07 Å². The summed E-state index contributed by atoms with van der Waals surface area (Å²) in [5, 5.41) is 38.6. The molecule has 0 unspecified atom stereocenters. The molecule has 8 nitrogen and oxygen atoms in total. The third-order valence-corrected chi connectivity index (χ3v) is 4.64. The predicted octanol–water partition coefficient (Wildman–Crippen LogP) is 5.31. The van der Waals surface area contributed by atoms with Crippen LogP contribution < -0.4 is 0 Å². The lowest BCUT2D eigenvalue weighted by Gasteiger charge is -2.12. The molecule has 2 aromatic rings. The van der Waals surface area contributed by atoms with Crippen molar-refractivity contribution >= 4 is 27.2 Å². The van der Waals surface area contributed by atoms with Crippen LogP contribution in [0.4, 0.5) is 15.8 Å². The zero-order valence-electron chi connectivity index (χ0n) is 14.1. The van der Waals surface area contributed by atoms with Crippen molar-refractivity contribution in [3.63, 3.8) is 0 Å². The van der Waals surface area contributed by atoms with E-state index in [1.807, 2.05) is 0 Å². The minimum absolute atomic E-state index is 0.0373. The lowest BCUT2D eigenvalue weighted by atomic mass is 9.99. The summed E-state index contributed by atoms with van der Waals surface area (Å²) in [4.78, 5) is 13.9. The second kappa shape index (κ2) is 8.52. The van der Waals surface area contributed by atoms with E-state index in [2.05, 4.69) is 22.1 Å². The smallest absolute Gasteiger partial charge is 0.345 e. The standard InChI is InChI=1S/C16H20N4O4S/c1-3-4-5-6-7-11-10(2)15(13(22)8-12(11)21)18-19-16-17-9-14(25-16)20(23)24/h8-9,21-22H,3-7H2,1-2H3. The van der Waals surface area contributed by atoms with Crippen LogP contribution in [0.15, 0.2) is 22.5 Å². The van der Waals surface area contributed by atoms with E-state index >= 15 is 0 Å². The molecule has 0 aliphatic carbocycles. The van der Waals surface area contributed by atoms with Crippen molar-refractivity contribution in [1.82, 2.24) is 4.98 Å². The molecular weight excluding hydrogens is 344 g/mol. The number of phenolic OH excluding ortho intramolecular Hbond substituents is 2. The highest BCUT2D eigenvalue weighted by Crippen LogP contribution is 2.40. The van der Waals surface area contributed by atoms with E-state index < -0.39 is 4.92 Å². The van der Waals surface area contributed by atoms with Crippen LogP contribution in [0.3, 0.4) is 0 Å². The molecule has 0 amide bonds. The van der Waals surface area contributed by atoms with Gasteiger partial charge in [-0.15, -0.1) is 10.2 Å². The molecule has 134 valence electrons. The van der Waals surface area contributed by atoms with Crippen molar-refractivity contribution in [1.29, 1.82) is 0 Å². The molecule has 1 aromatic carbocycles. The van der Waals surface area contributed by atoms with Crippen LogP contribution >= 0.6 is 11.3 Å². The van der Waals surface area contributed by atoms with Crippen LogP contribution in [-0.2, 0) is 6.42 Å². The fourth-order valence-electron chi connectivity index (χ4n) is 2.46. The molecule has 0 bridgehead atoms. The van der Waals surface area contributed by atoms with Crippen LogP contribution in [0.25, 0.3) is 0 Å². The van der Waals surface area contributed by atoms with Crippen molar-refractivity contribution in [2.24, 2.45) is 10.2 Å². The van der Waals surface area contributed by atoms with Gasteiger partial charge in [0.2, 0.25) is 5.13 Å². The molecule has 0 spiro atoms. The maximum Gasteiger partial charge on any atom is 0.345 e. The molecule has 25 heavy (non-hydrogen) atoms. The highest BCUT2D eigenvalue weighted by atomic mass is 32.1. The Balaban J connectivity index is 2.24. The van der Waals surface area contributed by atoms with Gasteiger partial charge in [0.15, 0.2) is 0 Å². The Morgan fingerprint density at radius 2 is 2.00 bits per heavy atom.